The summed E-state index contributed by atoms with van der Waals surface area (Å²) in [6.07, 6.45) is -0.112. The first kappa shape index (κ1) is 17.9. The van der Waals surface area contributed by atoms with Crippen molar-refractivity contribution in [3.8, 4) is 0 Å². The molecule has 0 N–H and O–H groups in total. The molecule has 1 atom stereocenters. The van der Waals surface area contributed by atoms with Crippen LogP contribution in [-0.4, -0.2) is 43.4 Å². The second-order valence-corrected chi connectivity index (χ2v) is 6.25. The Kier molecular flexibility index (Phi) is 5.44. The van der Waals surface area contributed by atoms with Crippen LogP contribution in [0.15, 0.2) is 30.3 Å². The van der Waals surface area contributed by atoms with Gasteiger partial charge in [0, 0.05) is 25.1 Å². The molecule has 3 rings (SSSR count). The van der Waals surface area contributed by atoms with Gasteiger partial charge in [0.25, 0.3) is 0 Å². The molecule has 0 aromatic heterocycles. The van der Waals surface area contributed by atoms with Crippen LogP contribution in [-0.2, 0) is 20.4 Å². The summed E-state index contributed by atoms with van der Waals surface area (Å²) in [5.74, 6) is -0.0673. The van der Waals surface area contributed by atoms with E-state index in [1.807, 2.05) is 0 Å². The first-order valence-corrected chi connectivity index (χ1v) is 8.31. The molecule has 2 fully saturated rings. The lowest BCUT2D eigenvalue weighted by Gasteiger charge is -2.34. The molecule has 0 aliphatic carbocycles. The smallest absolute Gasteiger partial charge is 0.350 e. The van der Waals surface area contributed by atoms with Gasteiger partial charge in [-0.15, -0.1) is 0 Å². The predicted molar refractivity (Wildman–Crippen MR) is 85.5 cm³/mol. The number of benzene rings is 1. The van der Waals surface area contributed by atoms with Crippen LogP contribution in [0.2, 0.25) is 0 Å². The van der Waals surface area contributed by atoms with Gasteiger partial charge in [-0.25, -0.2) is 0 Å². The summed E-state index contributed by atoms with van der Waals surface area (Å²) >= 11 is 0. The van der Waals surface area contributed by atoms with Crippen molar-refractivity contribution in [1.29, 1.82) is 0 Å². The number of ether oxygens (including phenoxy) is 2. The van der Waals surface area contributed by atoms with Crippen LogP contribution in [0.4, 0.5) is 13.2 Å². The number of piperidine rings is 1. The average Bonchev–Trinajstić information content (AvgIpc) is 3.14. The molecule has 136 valence electrons. The Bertz CT molecular complexity index is 639. The number of halogens is 3. The molecule has 1 unspecified atom stereocenters. The minimum atomic E-state index is -4.39. The molecule has 0 bridgehead atoms. The van der Waals surface area contributed by atoms with Gasteiger partial charge in [-0.3, -0.25) is 4.79 Å². The van der Waals surface area contributed by atoms with Gasteiger partial charge in [-0.2, -0.15) is 13.2 Å². The maximum absolute atomic E-state index is 12.7. The van der Waals surface area contributed by atoms with Crippen LogP contribution in [0.5, 0.6) is 0 Å². The molecule has 1 aromatic rings. The highest BCUT2D eigenvalue weighted by molar-refractivity contribution is 5.91. The Morgan fingerprint density at radius 2 is 2.00 bits per heavy atom. The minimum absolute atomic E-state index is 0.141. The first-order valence-electron chi connectivity index (χ1n) is 8.31. The molecule has 25 heavy (non-hydrogen) atoms. The van der Waals surface area contributed by atoms with Crippen LogP contribution < -0.4 is 0 Å². The molecule has 0 saturated carbocycles. The number of carbonyl (C=O) groups excluding carboxylic acids is 1. The first-order chi connectivity index (χ1) is 11.9. The van der Waals surface area contributed by atoms with Crippen molar-refractivity contribution in [2.75, 3.05) is 26.3 Å². The summed E-state index contributed by atoms with van der Waals surface area (Å²) in [5, 5.41) is 0. The number of carbonyl (C=O) groups is 1. The zero-order valence-electron chi connectivity index (χ0n) is 13.7. The highest BCUT2D eigenvalue weighted by Gasteiger charge is 2.32. The Morgan fingerprint density at radius 1 is 1.24 bits per heavy atom. The van der Waals surface area contributed by atoms with Crippen LogP contribution >= 0.6 is 0 Å². The summed E-state index contributed by atoms with van der Waals surface area (Å²) in [7, 11) is 0. The van der Waals surface area contributed by atoms with Crippen LogP contribution in [0, 0.1) is 5.92 Å². The number of rotatable bonds is 3. The Morgan fingerprint density at radius 3 is 2.72 bits per heavy atom. The summed E-state index contributed by atoms with van der Waals surface area (Å²) in [6.45, 7) is 2.32. The molecular weight excluding hydrogens is 335 g/mol. The summed E-state index contributed by atoms with van der Waals surface area (Å²) < 4.78 is 49.2. The van der Waals surface area contributed by atoms with E-state index in [-0.39, 0.29) is 18.1 Å². The Labute approximate surface area is 144 Å². The van der Waals surface area contributed by atoms with E-state index in [2.05, 4.69) is 0 Å². The highest BCUT2D eigenvalue weighted by Crippen LogP contribution is 2.30. The monoisotopic (exact) mass is 355 g/mol. The molecule has 2 saturated heterocycles. The van der Waals surface area contributed by atoms with Gasteiger partial charge in [-0.05, 0) is 36.6 Å². The number of nitrogens with zero attached hydrogens (tertiary/aromatic N) is 1. The van der Waals surface area contributed by atoms with Crippen LogP contribution in [0.1, 0.15) is 24.0 Å². The number of alkyl halides is 3. The maximum atomic E-state index is 12.7. The molecule has 0 radical (unpaired) electrons. The Hall–Kier alpha value is -1.86. The molecule has 0 spiro atoms. The van der Waals surface area contributed by atoms with Crippen molar-refractivity contribution in [1.82, 2.24) is 4.90 Å². The van der Waals surface area contributed by atoms with E-state index in [1.54, 1.807) is 4.90 Å². The van der Waals surface area contributed by atoms with E-state index in [0.717, 1.165) is 25.0 Å². The van der Waals surface area contributed by atoms with Crippen molar-refractivity contribution < 1.29 is 27.4 Å². The molecule has 7 heteroatoms. The zero-order valence-corrected chi connectivity index (χ0v) is 13.7. The summed E-state index contributed by atoms with van der Waals surface area (Å²) in [6, 6.07) is 4.91. The number of hydrogen-bond donors (Lipinski definition) is 0. The lowest BCUT2D eigenvalue weighted by Crippen LogP contribution is -2.43. The molecule has 2 aliphatic rings. The summed E-state index contributed by atoms with van der Waals surface area (Å²) in [5.41, 5.74) is -0.380. The van der Waals surface area contributed by atoms with Gasteiger partial charge in [-0.1, -0.05) is 12.1 Å². The van der Waals surface area contributed by atoms with Gasteiger partial charge in [0.2, 0.25) is 5.91 Å². The number of hydrogen-bond acceptors (Lipinski definition) is 3. The lowest BCUT2D eigenvalue weighted by atomic mass is 9.97. The van der Waals surface area contributed by atoms with E-state index in [1.165, 1.54) is 24.3 Å². The normalized spacial score (nSPS) is 22.7. The second-order valence-electron chi connectivity index (χ2n) is 6.25. The number of likely N-dealkylation sites (tertiary alicyclic amines) is 1. The molecule has 2 heterocycles. The molecule has 2 aliphatic heterocycles. The van der Waals surface area contributed by atoms with Crippen LogP contribution in [0.25, 0.3) is 6.08 Å². The van der Waals surface area contributed by atoms with Gasteiger partial charge >= 0.3 is 6.18 Å². The van der Waals surface area contributed by atoms with Crippen molar-refractivity contribution in [3.63, 3.8) is 0 Å². The second kappa shape index (κ2) is 7.58. The van der Waals surface area contributed by atoms with Crippen molar-refractivity contribution in [2.45, 2.75) is 25.3 Å². The fourth-order valence-corrected chi connectivity index (χ4v) is 3.17. The zero-order chi connectivity index (χ0) is 17.9. The quantitative estimate of drug-likeness (QED) is 0.781. The molecular formula is C18H20F3NO3. The standard InChI is InChI=1S/C18H20F3NO3/c19-18(20,21)15-5-1-3-13(11-15)6-7-16(23)22-8-2-4-14(12-22)17-24-9-10-25-17/h1,3,5-7,11,14,17H,2,4,8-10,12H2/b7-6+. The van der Waals surface area contributed by atoms with Crippen molar-refractivity contribution >= 4 is 12.0 Å². The van der Waals surface area contributed by atoms with E-state index >= 15 is 0 Å². The fraction of sp³-hybridized carbons (Fsp3) is 0.500. The van der Waals surface area contributed by atoms with Crippen molar-refractivity contribution in [2.24, 2.45) is 5.92 Å². The van der Waals surface area contributed by atoms with Gasteiger partial charge in [0.05, 0.1) is 18.8 Å². The van der Waals surface area contributed by atoms with Crippen molar-refractivity contribution in [3.05, 3.63) is 41.5 Å². The maximum Gasteiger partial charge on any atom is 0.416 e. The Balaban J connectivity index is 1.62. The van der Waals surface area contributed by atoms with E-state index < -0.39 is 11.7 Å². The fourth-order valence-electron chi connectivity index (χ4n) is 3.17. The third kappa shape index (κ3) is 4.61. The van der Waals surface area contributed by atoms with E-state index in [4.69, 9.17) is 9.47 Å². The van der Waals surface area contributed by atoms with Gasteiger partial charge in [0.15, 0.2) is 6.29 Å². The third-order valence-corrected chi connectivity index (χ3v) is 4.43. The highest BCUT2D eigenvalue weighted by atomic mass is 19.4. The summed E-state index contributed by atoms with van der Waals surface area (Å²) in [4.78, 5) is 14.0. The SMILES string of the molecule is O=C(/C=C/c1cccc(C(F)(F)F)c1)N1CCCC(C2OCCO2)C1. The lowest BCUT2D eigenvalue weighted by molar-refractivity contribution is -0.137. The molecule has 1 amide bonds. The third-order valence-electron chi connectivity index (χ3n) is 4.43. The molecule has 1 aromatic carbocycles. The van der Waals surface area contributed by atoms with Crippen LogP contribution in [0.3, 0.4) is 0 Å². The largest absolute Gasteiger partial charge is 0.416 e. The van der Waals surface area contributed by atoms with E-state index in [9.17, 15) is 18.0 Å². The average molecular weight is 355 g/mol. The predicted octanol–water partition coefficient (Wildman–Crippen LogP) is 3.33. The minimum Gasteiger partial charge on any atom is -0.350 e. The van der Waals surface area contributed by atoms with E-state index in [0.29, 0.717) is 31.9 Å². The van der Waals surface area contributed by atoms with Gasteiger partial charge in [0.1, 0.15) is 0 Å². The molecule has 4 nitrogen and oxygen atoms in total. The topological polar surface area (TPSA) is 38.8 Å². The number of amides is 1. The van der Waals surface area contributed by atoms with Gasteiger partial charge < -0.3 is 14.4 Å².